The topological polar surface area (TPSA) is 53.5 Å². The molecule has 17 heavy (non-hydrogen) atoms. The number of aliphatic imine (C=N–C) groups is 1. The third kappa shape index (κ3) is 3.22. The van der Waals surface area contributed by atoms with Crippen molar-refractivity contribution in [1.29, 1.82) is 0 Å². The molecule has 0 radical (unpaired) electrons. The first-order valence-corrected chi connectivity index (χ1v) is 7.38. The van der Waals surface area contributed by atoms with Crippen molar-refractivity contribution in [3.8, 4) is 0 Å². The van der Waals surface area contributed by atoms with Gasteiger partial charge in [0.1, 0.15) is 0 Å². The van der Waals surface area contributed by atoms with Gasteiger partial charge in [-0.25, -0.2) is 0 Å². The summed E-state index contributed by atoms with van der Waals surface area (Å²) in [6.45, 7) is 5.05. The van der Waals surface area contributed by atoms with Crippen molar-refractivity contribution in [2.75, 3.05) is 6.54 Å². The Kier molecular flexibility index (Phi) is 4.45. The van der Waals surface area contributed by atoms with Gasteiger partial charge in [0.25, 0.3) is 0 Å². The van der Waals surface area contributed by atoms with Crippen molar-refractivity contribution in [1.82, 2.24) is 10.6 Å². The molecule has 0 bridgehead atoms. The van der Waals surface area contributed by atoms with E-state index in [-0.39, 0.29) is 5.91 Å². The van der Waals surface area contributed by atoms with E-state index < -0.39 is 0 Å². The van der Waals surface area contributed by atoms with E-state index in [0.717, 1.165) is 24.6 Å². The smallest absolute Gasteiger partial charge is 0.225 e. The fourth-order valence-corrected chi connectivity index (χ4v) is 3.79. The molecule has 0 aromatic carbocycles. The summed E-state index contributed by atoms with van der Waals surface area (Å²) in [6, 6.07) is 1.05. The summed E-state index contributed by atoms with van der Waals surface area (Å²) in [5.74, 6) is 0.0677. The molecular weight excluding hydrogens is 234 g/mol. The summed E-state index contributed by atoms with van der Waals surface area (Å²) in [5, 5.41) is 7.79. The maximum atomic E-state index is 11.3. The second-order valence-corrected chi connectivity index (χ2v) is 5.86. The molecule has 1 aliphatic carbocycles. The minimum Gasteiger partial charge on any atom is -0.314 e. The van der Waals surface area contributed by atoms with Gasteiger partial charge in [-0.05, 0) is 25.8 Å². The van der Waals surface area contributed by atoms with Gasteiger partial charge in [-0.1, -0.05) is 25.6 Å². The molecule has 5 heteroatoms. The summed E-state index contributed by atoms with van der Waals surface area (Å²) in [5.41, 5.74) is 0. The Balaban J connectivity index is 1.86. The Labute approximate surface area is 107 Å². The third-order valence-electron chi connectivity index (χ3n) is 3.36. The van der Waals surface area contributed by atoms with Gasteiger partial charge in [0, 0.05) is 17.7 Å². The number of nitrogens with zero attached hydrogens (tertiary/aromatic N) is 1. The third-order valence-corrected chi connectivity index (χ3v) is 4.60. The molecule has 0 spiro atoms. The summed E-state index contributed by atoms with van der Waals surface area (Å²) in [4.78, 5) is 15.9. The van der Waals surface area contributed by atoms with E-state index in [1.54, 1.807) is 11.8 Å². The van der Waals surface area contributed by atoms with Crippen LogP contribution in [0.25, 0.3) is 0 Å². The lowest BCUT2D eigenvalue weighted by molar-refractivity contribution is -0.119. The summed E-state index contributed by atoms with van der Waals surface area (Å²) < 4.78 is 0. The molecule has 2 rings (SSSR count). The highest BCUT2D eigenvalue weighted by Gasteiger charge is 2.36. The number of hydrogen-bond acceptors (Lipinski definition) is 4. The van der Waals surface area contributed by atoms with Crippen LogP contribution in [-0.2, 0) is 4.79 Å². The highest BCUT2D eigenvalue weighted by atomic mass is 32.2. The molecule has 1 aliphatic heterocycles. The lowest BCUT2D eigenvalue weighted by Gasteiger charge is -2.30. The van der Waals surface area contributed by atoms with E-state index in [1.165, 1.54) is 6.42 Å². The van der Waals surface area contributed by atoms with E-state index >= 15 is 0 Å². The monoisotopic (exact) mass is 255 g/mol. The lowest BCUT2D eigenvalue weighted by Crippen LogP contribution is -2.39. The van der Waals surface area contributed by atoms with Crippen molar-refractivity contribution >= 4 is 22.8 Å². The number of rotatable bonds is 3. The highest BCUT2D eigenvalue weighted by molar-refractivity contribution is 8.14. The van der Waals surface area contributed by atoms with Gasteiger partial charge >= 0.3 is 0 Å². The molecule has 2 N–H and O–H groups in total. The van der Waals surface area contributed by atoms with Gasteiger partial charge < -0.3 is 10.6 Å². The molecule has 0 aromatic rings. The standard InChI is InChI=1S/C12H21N3OS/c1-3-11(16)15-12-14-9-6-5-8(13-4-2)7-10(9)17-12/h8-10,13H,3-7H2,1-2H3,(H,14,15,16)/t8-,9?,10?/m0/s1. The molecule has 0 aromatic heterocycles. The molecule has 3 atom stereocenters. The van der Waals surface area contributed by atoms with Crippen LogP contribution in [-0.4, -0.2) is 35.0 Å². The van der Waals surface area contributed by atoms with Crippen LogP contribution in [0.2, 0.25) is 0 Å². The maximum absolute atomic E-state index is 11.3. The molecule has 4 nitrogen and oxygen atoms in total. The molecule has 96 valence electrons. The highest BCUT2D eigenvalue weighted by Crippen LogP contribution is 2.36. The van der Waals surface area contributed by atoms with Gasteiger partial charge in [-0.2, -0.15) is 0 Å². The predicted octanol–water partition coefficient (Wildman–Crippen LogP) is 1.51. The van der Waals surface area contributed by atoms with E-state index in [2.05, 4.69) is 22.5 Å². The van der Waals surface area contributed by atoms with Crippen LogP contribution in [0, 0.1) is 0 Å². The van der Waals surface area contributed by atoms with Crippen LogP contribution >= 0.6 is 11.8 Å². The zero-order valence-electron chi connectivity index (χ0n) is 10.5. The molecule has 1 saturated carbocycles. The fourth-order valence-electron chi connectivity index (χ4n) is 2.46. The maximum Gasteiger partial charge on any atom is 0.225 e. The van der Waals surface area contributed by atoms with Gasteiger partial charge in [0.2, 0.25) is 5.91 Å². The molecular formula is C12H21N3OS. The first kappa shape index (κ1) is 12.9. The summed E-state index contributed by atoms with van der Waals surface area (Å²) >= 11 is 1.75. The zero-order valence-corrected chi connectivity index (χ0v) is 11.3. The molecule has 1 amide bonds. The first-order valence-electron chi connectivity index (χ1n) is 6.50. The summed E-state index contributed by atoms with van der Waals surface area (Å²) in [7, 11) is 0. The molecule has 2 unspecified atom stereocenters. The normalized spacial score (nSPS) is 31.9. The van der Waals surface area contributed by atoms with E-state index in [9.17, 15) is 4.79 Å². The zero-order chi connectivity index (χ0) is 12.3. The van der Waals surface area contributed by atoms with E-state index in [1.807, 2.05) is 6.92 Å². The number of fused-ring (bicyclic) bond motifs is 1. The number of amidine groups is 1. The lowest BCUT2D eigenvalue weighted by atomic mass is 9.91. The van der Waals surface area contributed by atoms with Crippen molar-refractivity contribution in [3.63, 3.8) is 0 Å². The predicted molar refractivity (Wildman–Crippen MR) is 72.4 cm³/mol. The van der Waals surface area contributed by atoms with E-state index in [0.29, 0.717) is 23.8 Å². The van der Waals surface area contributed by atoms with Crippen LogP contribution < -0.4 is 10.6 Å². The average Bonchev–Trinajstić information content (AvgIpc) is 2.70. The number of amides is 1. The SMILES string of the molecule is CCN[C@H]1CCC2N=C(NC(=O)CC)SC2C1. The van der Waals surface area contributed by atoms with E-state index in [4.69, 9.17) is 0 Å². The second-order valence-electron chi connectivity index (χ2n) is 4.63. The van der Waals surface area contributed by atoms with Gasteiger partial charge in [0.15, 0.2) is 5.17 Å². The number of carbonyl (C=O) groups excluding carboxylic acids is 1. The Bertz CT molecular complexity index is 319. The van der Waals surface area contributed by atoms with Crippen molar-refractivity contribution < 1.29 is 4.79 Å². The van der Waals surface area contributed by atoms with Gasteiger partial charge in [0.05, 0.1) is 6.04 Å². The molecule has 2 aliphatic rings. The van der Waals surface area contributed by atoms with Crippen LogP contribution in [0.15, 0.2) is 4.99 Å². The number of carbonyl (C=O) groups is 1. The van der Waals surface area contributed by atoms with Crippen LogP contribution in [0.1, 0.15) is 39.5 Å². The van der Waals surface area contributed by atoms with Gasteiger partial charge in [-0.3, -0.25) is 9.79 Å². The van der Waals surface area contributed by atoms with Crippen molar-refractivity contribution in [2.24, 2.45) is 4.99 Å². The Morgan fingerprint density at radius 3 is 3.00 bits per heavy atom. The van der Waals surface area contributed by atoms with Crippen molar-refractivity contribution in [3.05, 3.63) is 0 Å². The first-order chi connectivity index (χ1) is 8.22. The quantitative estimate of drug-likeness (QED) is 0.804. The molecule has 1 fully saturated rings. The number of nitrogens with one attached hydrogen (secondary N) is 2. The number of hydrogen-bond donors (Lipinski definition) is 2. The van der Waals surface area contributed by atoms with Crippen molar-refractivity contribution in [2.45, 2.75) is 56.9 Å². The minimum absolute atomic E-state index is 0.0677. The van der Waals surface area contributed by atoms with Crippen LogP contribution in [0.5, 0.6) is 0 Å². The summed E-state index contributed by atoms with van der Waals surface area (Å²) in [6.07, 6.45) is 4.03. The van der Waals surface area contributed by atoms with Crippen LogP contribution in [0.4, 0.5) is 0 Å². The second kappa shape index (κ2) is 5.87. The number of thioether (sulfide) groups is 1. The molecule has 1 heterocycles. The largest absolute Gasteiger partial charge is 0.314 e. The molecule has 0 saturated heterocycles. The Morgan fingerprint density at radius 1 is 1.47 bits per heavy atom. The average molecular weight is 255 g/mol. The fraction of sp³-hybridized carbons (Fsp3) is 0.833. The Hall–Kier alpha value is -0.550. The van der Waals surface area contributed by atoms with Crippen LogP contribution in [0.3, 0.4) is 0 Å². The van der Waals surface area contributed by atoms with Gasteiger partial charge in [-0.15, -0.1) is 0 Å². The Morgan fingerprint density at radius 2 is 2.29 bits per heavy atom. The minimum atomic E-state index is 0.0677.